The van der Waals surface area contributed by atoms with Gasteiger partial charge in [-0.25, -0.2) is 14.7 Å². The summed E-state index contributed by atoms with van der Waals surface area (Å²) in [5.74, 6) is 1.07. The molecule has 1 aliphatic heterocycles. The van der Waals surface area contributed by atoms with E-state index in [2.05, 4.69) is 10.2 Å². The summed E-state index contributed by atoms with van der Waals surface area (Å²) in [6, 6.07) is 0. The van der Waals surface area contributed by atoms with Crippen molar-refractivity contribution in [3.63, 3.8) is 0 Å². The molecule has 1 amide bonds. The van der Waals surface area contributed by atoms with Crippen LogP contribution in [-0.4, -0.2) is 44.4 Å². The molecule has 0 spiro atoms. The van der Waals surface area contributed by atoms with Crippen LogP contribution in [0.25, 0.3) is 0 Å². The molecule has 0 unspecified atom stereocenters. The number of carbonyl (C=O) groups excluding carboxylic acids is 1. The molecule has 0 aliphatic carbocycles. The molecular formula is C15H26N4O3. The number of H-pyrrole nitrogens is 1. The van der Waals surface area contributed by atoms with Crippen molar-refractivity contribution in [2.75, 3.05) is 13.1 Å². The summed E-state index contributed by atoms with van der Waals surface area (Å²) in [5, 5.41) is 6.60. The van der Waals surface area contributed by atoms with Crippen LogP contribution < -0.4 is 5.69 Å². The van der Waals surface area contributed by atoms with Crippen LogP contribution in [0.4, 0.5) is 4.79 Å². The minimum Gasteiger partial charge on any atom is -0.444 e. The fourth-order valence-corrected chi connectivity index (χ4v) is 2.81. The Morgan fingerprint density at radius 3 is 2.82 bits per heavy atom. The summed E-state index contributed by atoms with van der Waals surface area (Å²) in [7, 11) is 0. The Morgan fingerprint density at radius 1 is 1.45 bits per heavy atom. The Balaban J connectivity index is 1.98. The summed E-state index contributed by atoms with van der Waals surface area (Å²) < 4.78 is 7.08. The first-order chi connectivity index (χ1) is 10.3. The molecular weight excluding hydrogens is 284 g/mol. The zero-order valence-corrected chi connectivity index (χ0v) is 13.9. The van der Waals surface area contributed by atoms with Crippen LogP contribution in [-0.2, 0) is 17.7 Å². The quantitative estimate of drug-likeness (QED) is 0.923. The third kappa shape index (κ3) is 4.11. The second kappa shape index (κ2) is 6.54. The molecule has 1 aromatic rings. The molecule has 0 aromatic carbocycles. The number of rotatable bonds is 3. The van der Waals surface area contributed by atoms with Gasteiger partial charge >= 0.3 is 11.8 Å². The van der Waals surface area contributed by atoms with Crippen LogP contribution in [0, 0.1) is 5.92 Å². The first kappa shape index (κ1) is 16.6. The number of piperidine rings is 1. The second-order valence-electron chi connectivity index (χ2n) is 6.83. The fourth-order valence-electron chi connectivity index (χ4n) is 2.81. The molecule has 1 atom stereocenters. The molecule has 7 nitrogen and oxygen atoms in total. The monoisotopic (exact) mass is 310 g/mol. The van der Waals surface area contributed by atoms with Crippen molar-refractivity contribution < 1.29 is 9.53 Å². The highest BCUT2D eigenvalue weighted by Crippen LogP contribution is 2.21. The lowest BCUT2D eigenvalue weighted by atomic mass is 9.94. The maximum absolute atomic E-state index is 12.2. The molecule has 1 aromatic heterocycles. The van der Waals surface area contributed by atoms with Gasteiger partial charge in [-0.2, -0.15) is 5.10 Å². The Morgan fingerprint density at radius 2 is 2.18 bits per heavy atom. The zero-order valence-electron chi connectivity index (χ0n) is 13.9. The van der Waals surface area contributed by atoms with Gasteiger partial charge < -0.3 is 9.64 Å². The normalized spacial score (nSPS) is 19.3. The fraction of sp³-hybridized carbons (Fsp3) is 0.800. The first-order valence-corrected chi connectivity index (χ1v) is 7.92. The minimum atomic E-state index is -0.477. The lowest BCUT2D eigenvalue weighted by molar-refractivity contribution is 0.0164. The predicted molar refractivity (Wildman–Crippen MR) is 82.8 cm³/mol. The van der Waals surface area contributed by atoms with Crippen LogP contribution in [0.15, 0.2) is 4.79 Å². The number of aromatic nitrogens is 3. The van der Waals surface area contributed by atoms with Gasteiger partial charge in [0.25, 0.3) is 0 Å². The van der Waals surface area contributed by atoms with E-state index in [4.69, 9.17) is 4.74 Å². The van der Waals surface area contributed by atoms with Crippen molar-refractivity contribution in [2.45, 2.75) is 59.1 Å². The number of carbonyl (C=O) groups is 1. The molecule has 0 bridgehead atoms. The lowest BCUT2D eigenvalue weighted by Gasteiger charge is -2.34. The van der Waals surface area contributed by atoms with Gasteiger partial charge in [-0.3, -0.25) is 4.57 Å². The summed E-state index contributed by atoms with van der Waals surface area (Å²) in [6.07, 6.45) is 2.42. The number of likely N-dealkylation sites (tertiary alicyclic amines) is 1. The molecule has 7 heteroatoms. The van der Waals surface area contributed by atoms with E-state index in [0.29, 0.717) is 25.4 Å². The number of hydrogen-bond acceptors (Lipinski definition) is 4. The topological polar surface area (TPSA) is 80.2 Å². The van der Waals surface area contributed by atoms with Crippen molar-refractivity contribution in [1.29, 1.82) is 0 Å². The van der Waals surface area contributed by atoms with E-state index in [-0.39, 0.29) is 11.8 Å². The molecule has 22 heavy (non-hydrogen) atoms. The molecule has 1 N–H and O–H groups in total. The minimum absolute atomic E-state index is 0.169. The average molecular weight is 310 g/mol. The molecule has 0 radical (unpaired) electrons. The van der Waals surface area contributed by atoms with E-state index >= 15 is 0 Å². The van der Waals surface area contributed by atoms with Gasteiger partial charge in [-0.15, -0.1) is 0 Å². The number of nitrogens with one attached hydrogen (secondary N) is 1. The summed E-state index contributed by atoms with van der Waals surface area (Å²) in [5.41, 5.74) is -0.646. The standard InChI is InChI=1S/C15H26N4O3/c1-5-19-12(16-17-13(19)20)9-11-7-6-8-18(10-11)14(21)22-15(2,3)4/h11H,5-10H2,1-4H3,(H,17,20)/t11-/m1/s1. The number of ether oxygens (including phenoxy) is 1. The molecule has 124 valence electrons. The van der Waals surface area contributed by atoms with Crippen LogP contribution >= 0.6 is 0 Å². The van der Waals surface area contributed by atoms with Gasteiger partial charge in [0.2, 0.25) is 0 Å². The van der Waals surface area contributed by atoms with Gasteiger partial charge in [-0.1, -0.05) is 0 Å². The lowest BCUT2D eigenvalue weighted by Crippen LogP contribution is -2.43. The molecule has 1 saturated heterocycles. The zero-order chi connectivity index (χ0) is 16.3. The SMILES string of the molecule is CCn1c(C[C@H]2CCCN(C(=O)OC(C)(C)C)C2)n[nH]c1=O. The van der Waals surface area contributed by atoms with E-state index in [1.165, 1.54) is 0 Å². The van der Waals surface area contributed by atoms with Crippen molar-refractivity contribution in [3.05, 3.63) is 16.3 Å². The van der Waals surface area contributed by atoms with Crippen LogP contribution in [0.5, 0.6) is 0 Å². The number of nitrogens with zero attached hydrogens (tertiary/aromatic N) is 3. The van der Waals surface area contributed by atoms with Crippen molar-refractivity contribution in [3.8, 4) is 0 Å². The van der Waals surface area contributed by atoms with Crippen molar-refractivity contribution >= 4 is 6.09 Å². The second-order valence-corrected chi connectivity index (χ2v) is 6.83. The highest BCUT2D eigenvalue weighted by Gasteiger charge is 2.28. The molecule has 2 rings (SSSR count). The average Bonchev–Trinajstić information content (AvgIpc) is 2.77. The van der Waals surface area contributed by atoms with Crippen LogP contribution in [0.1, 0.15) is 46.4 Å². The molecule has 0 saturated carbocycles. The van der Waals surface area contributed by atoms with E-state index < -0.39 is 5.60 Å². The summed E-state index contributed by atoms with van der Waals surface area (Å²) in [4.78, 5) is 25.5. The van der Waals surface area contributed by atoms with Gasteiger partial charge in [0.1, 0.15) is 11.4 Å². The van der Waals surface area contributed by atoms with Crippen molar-refractivity contribution in [2.24, 2.45) is 5.92 Å². The summed E-state index contributed by atoms with van der Waals surface area (Å²) >= 11 is 0. The number of amides is 1. The Kier molecular flexibility index (Phi) is 4.93. The third-order valence-corrected chi connectivity index (χ3v) is 3.80. The van der Waals surface area contributed by atoms with Gasteiger partial charge in [0.05, 0.1) is 0 Å². The predicted octanol–water partition coefficient (Wildman–Crippen LogP) is 1.78. The summed E-state index contributed by atoms with van der Waals surface area (Å²) in [6.45, 7) is 9.52. The number of hydrogen-bond donors (Lipinski definition) is 1. The number of aromatic amines is 1. The van der Waals surface area contributed by atoms with E-state index in [9.17, 15) is 9.59 Å². The Hall–Kier alpha value is -1.79. The Bertz CT molecular complexity index is 570. The maximum Gasteiger partial charge on any atom is 0.410 e. The van der Waals surface area contributed by atoms with E-state index in [1.54, 1.807) is 9.47 Å². The van der Waals surface area contributed by atoms with E-state index in [1.807, 2.05) is 27.7 Å². The van der Waals surface area contributed by atoms with Crippen molar-refractivity contribution in [1.82, 2.24) is 19.7 Å². The Labute approximate surface area is 130 Å². The van der Waals surface area contributed by atoms with Gasteiger partial charge in [0.15, 0.2) is 0 Å². The molecule has 1 fully saturated rings. The van der Waals surface area contributed by atoms with Crippen LogP contribution in [0.3, 0.4) is 0 Å². The van der Waals surface area contributed by atoms with Gasteiger partial charge in [0, 0.05) is 26.1 Å². The highest BCUT2D eigenvalue weighted by atomic mass is 16.6. The highest BCUT2D eigenvalue weighted by molar-refractivity contribution is 5.68. The van der Waals surface area contributed by atoms with Gasteiger partial charge in [-0.05, 0) is 46.5 Å². The van der Waals surface area contributed by atoms with Crippen LogP contribution in [0.2, 0.25) is 0 Å². The molecule has 2 heterocycles. The third-order valence-electron chi connectivity index (χ3n) is 3.80. The largest absolute Gasteiger partial charge is 0.444 e. The maximum atomic E-state index is 12.2. The van der Waals surface area contributed by atoms with E-state index in [0.717, 1.165) is 25.2 Å². The molecule has 1 aliphatic rings. The first-order valence-electron chi connectivity index (χ1n) is 7.92. The smallest absolute Gasteiger partial charge is 0.410 e.